The average Bonchev–Trinajstić information content (AvgIpc) is 2.40. The van der Waals surface area contributed by atoms with E-state index in [0.29, 0.717) is 6.21 Å². The molecule has 1 amide bonds. The van der Waals surface area contributed by atoms with E-state index in [1.54, 1.807) is 20.8 Å². The fourth-order valence-electron chi connectivity index (χ4n) is 1.32. The number of rotatable bonds is 9. The van der Waals surface area contributed by atoms with Crippen molar-refractivity contribution in [1.82, 2.24) is 5.32 Å². The third kappa shape index (κ3) is 6.98. The zero-order valence-electron chi connectivity index (χ0n) is 12.3. The Kier molecular flexibility index (Phi) is 8.38. The summed E-state index contributed by atoms with van der Waals surface area (Å²) >= 11 is 0. The molecule has 0 saturated carbocycles. The number of nitrogens with one attached hydrogen (secondary N) is 2. The first kappa shape index (κ1) is 18.2. The molecule has 2 N–H and O–H groups in total. The fraction of sp³-hybridized carbons (Fsp3) is 0.692. The maximum Gasteiger partial charge on any atom is 0.328 e. The topological polar surface area (TPSA) is 106 Å². The molecule has 0 radical (unpaired) electrons. The Morgan fingerprint density at radius 3 is 2.30 bits per heavy atom. The van der Waals surface area contributed by atoms with Gasteiger partial charge in [-0.1, -0.05) is 0 Å². The summed E-state index contributed by atoms with van der Waals surface area (Å²) in [7, 11) is 1.38. The predicted octanol–water partition coefficient (Wildman–Crippen LogP) is 0.457. The zero-order valence-corrected chi connectivity index (χ0v) is 12.3. The van der Waals surface area contributed by atoms with Gasteiger partial charge < -0.3 is 20.2 Å². The van der Waals surface area contributed by atoms with Gasteiger partial charge >= 0.3 is 5.97 Å². The summed E-state index contributed by atoms with van der Waals surface area (Å²) in [5.41, 5.74) is 0. The standard InChI is InChI=1S/C13H22N2O5/c1-8(2)20-13(18)11(6-5-10(16)7-14)15-12(17)9(3)19-4/h7-9,11,14H,5-6H2,1-4H3,(H,15,17)/t9-,11-/m0/s1. The molecule has 0 unspecified atom stereocenters. The van der Waals surface area contributed by atoms with Crippen LogP contribution in [0.1, 0.15) is 33.6 Å². The van der Waals surface area contributed by atoms with Gasteiger partial charge in [-0.2, -0.15) is 0 Å². The van der Waals surface area contributed by atoms with Crippen LogP contribution in [-0.2, 0) is 23.9 Å². The third-order valence-electron chi connectivity index (χ3n) is 2.52. The summed E-state index contributed by atoms with van der Waals surface area (Å²) in [4.78, 5) is 34.7. The highest BCUT2D eigenvalue weighted by Crippen LogP contribution is 2.04. The molecule has 0 aromatic heterocycles. The van der Waals surface area contributed by atoms with Crippen LogP contribution in [0.3, 0.4) is 0 Å². The van der Waals surface area contributed by atoms with Crippen molar-refractivity contribution < 1.29 is 23.9 Å². The molecule has 7 nitrogen and oxygen atoms in total. The summed E-state index contributed by atoms with van der Waals surface area (Å²) < 4.78 is 9.88. The Balaban J connectivity index is 4.69. The third-order valence-corrected chi connectivity index (χ3v) is 2.52. The van der Waals surface area contributed by atoms with Gasteiger partial charge in [0.2, 0.25) is 5.91 Å². The molecule has 0 rings (SSSR count). The van der Waals surface area contributed by atoms with Crippen LogP contribution in [0.2, 0.25) is 0 Å². The Morgan fingerprint density at radius 2 is 1.85 bits per heavy atom. The van der Waals surface area contributed by atoms with Crippen molar-refractivity contribution in [2.24, 2.45) is 0 Å². The van der Waals surface area contributed by atoms with Crippen LogP contribution < -0.4 is 5.32 Å². The molecule has 0 spiro atoms. The fourth-order valence-corrected chi connectivity index (χ4v) is 1.32. The maximum absolute atomic E-state index is 11.9. The van der Waals surface area contributed by atoms with Crippen LogP contribution in [0, 0.1) is 5.41 Å². The van der Waals surface area contributed by atoms with E-state index in [2.05, 4.69) is 5.32 Å². The van der Waals surface area contributed by atoms with E-state index >= 15 is 0 Å². The lowest BCUT2D eigenvalue weighted by atomic mass is 10.1. The van der Waals surface area contributed by atoms with E-state index in [4.69, 9.17) is 14.9 Å². The van der Waals surface area contributed by atoms with Gasteiger partial charge in [-0.15, -0.1) is 0 Å². The second-order valence-corrected chi connectivity index (χ2v) is 4.57. The smallest absolute Gasteiger partial charge is 0.328 e. The molecule has 0 heterocycles. The SMILES string of the molecule is CO[C@@H](C)C(=O)N[C@@H](CCC(=O)C=N)C(=O)OC(C)C. The monoisotopic (exact) mass is 286 g/mol. The number of ketones is 1. The zero-order chi connectivity index (χ0) is 15.7. The number of amides is 1. The second kappa shape index (κ2) is 9.19. The molecule has 0 fully saturated rings. The molecule has 0 aliphatic rings. The van der Waals surface area contributed by atoms with Crippen LogP contribution in [0.4, 0.5) is 0 Å². The van der Waals surface area contributed by atoms with E-state index in [-0.39, 0.29) is 18.9 Å². The molecule has 20 heavy (non-hydrogen) atoms. The molecule has 0 bridgehead atoms. The van der Waals surface area contributed by atoms with Crippen LogP contribution in [0.5, 0.6) is 0 Å². The summed E-state index contributed by atoms with van der Waals surface area (Å²) in [6.45, 7) is 4.93. The Bertz CT molecular complexity index is 368. The van der Waals surface area contributed by atoms with E-state index in [1.807, 2.05) is 0 Å². The van der Waals surface area contributed by atoms with Gasteiger partial charge in [0.05, 0.1) is 12.3 Å². The quantitative estimate of drug-likeness (QED) is 0.473. The van der Waals surface area contributed by atoms with Crippen molar-refractivity contribution in [3.05, 3.63) is 0 Å². The molecule has 0 saturated heterocycles. The summed E-state index contributed by atoms with van der Waals surface area (Å²) in [6, 6.07) is -0.925. The number of hydrogen-bond donors (Lipinski definition) is 2. The molecular weight excluding hydrogens is 264 g/mol. The lowest BCUT2D eigenvalue weighted by molar-refractivity contribution is -0.152. The first-order valence-corrected chi connectivity index (χ1v) is 6.38. The number of esters is 1. The Morgan fingerprint density at radius 1 is 1.25 bits per heavy atom. The number of carbonyl (C=O) groups is 3. The predicted molar refractivity (Wildman–Crippen MR) is 72.7 cm³/mol. The van der Waals surface area contributed by atoms with Crippen molar-refractivity contribution in [2.75, 3.05) is 7.11 Å². The summed E-state index contributed by atoms with van der Waals surface area (Å²) in [6.07, 6.45) is -0.266. The molecular formula is C13H22N2O5. The van der Waals surface area contributed by atoms with Crippen LogP contribution >= 0.6 is 0 Å². The highest BCUT2D eigenvalue weighted by atomic mass is 16.5. The van der Waals surface area contributed by atoms with Crippen LogP contribution in [0.15, 0.2) is 0 Å². The van der Waals surface area contributed by atoms with Crippen molar-refractivity contribution in [1.29, 1.82) is 5.41 Å². The minimum Gasteiger partial charge on any atom is -0.461 e. The molecule has 0 aromatic carbocycles. The van der Waals surface area contributed by atoms with E-state index in [1.165, 1.54) is 7.11 Å². The number of Topliss-reactive ketones (excluding diaryl/α,β-unsaturated/α-hetero) is 1. The minimum absolute atomic E-state index is 0.0109. The molecule has 0 aliphatic heterocycles. The molecule has 114 valence electrons. The van der Waals surface area contributed by atoms with E-state index < -0.39 is 29.8 Å². The van der Waals surface area contributed by atoms with Gasteiger partial charge in [-0.25, -0.2) is 4.79 Å². The molecule has 0 aliphatic carbocycles. The Labute approximate surface area is 118 Å². The highest BCUT2D eigenvalue weighted by Gasteiger charge is 2.25. The van der Waals surface area contributed by atoms with Crippen molar-refractivity contribution >= 4 is 23.9 Å². The minimum atomic E-state index is -0.925. The second-order valence-electron chi connectivity index (χ2n) is 4.57. The van der Waals surface area contributed by atoms with Crippen LogP contribution in [-0.4, -0.2) is 49.2 Å². The van der Waals surface area contributed by atoms with Crippen molar-refractivity contribution in [3.63, 3.8) is 0 Å². The largest absolute Gasteiger partial charge is 0.461 e. The first-order valence-electron chi connectivity index (χ1n) is 6.38. The first-order chi connectivity index (χ1) is 9.31. The number of carbonyl (C=O) groups excluding carboxylic acids is 3. The van der Waals surface area contributed by atoms with Gasteiger partial charge in [-0.05, 0) is 27.2 Å². The van der Waals surface area contributed by atoms with Crippen molar-refractivity contribution in [3.8, 4) is 0 Å². The van der Waals surface area contributed by atoms with Gasteiger partial charge in [0.1, 0.15) is 12.1 Å². The molecule has 2 atom stereocenters. The van der Waals surface area contributed by atoms with Gasteiger partial charge in [0, 0.05) is 13.5 Å². The van der Waals surface area contributed by atoms with E-state index in [9.17, 15) is 14.4 Å². The van der Waals surface area contributed by atoms with Gasteiger partial charge in [0.25, 0.3) is 0 Å². The van der Waals surface area contributed by atoms with Crippen molar-refractivity contribution in [2.45, 2.75) is 51.9 Å². The Hall–Kier alpha value is -1.76. The summed E-state index contributed by atoms with van der Waals surface area (Å²) in [5, 5.41) is 9.30. The lowest BCUT2D eigenvalue weighted by Crippen LogP contribution is -2.46. The summed E-state index contributed by atoms with van der Waals surface area (Å²) in [5.74, 6) is -1.48. The van der Waals surface area contributed by atoms with Gasteiger partial charge in [-0.3, -0.25) is 9.59 Å². The van der Waals surface area contributed by atoms with Gasteiger partial charge in [0.15, 0.2) is 5.78 Å². The average molecular weight is 286 g/mol. The highest BCUT2D eigenvalue weighted by molar-refractivity contribution is 6.26. The lowest BCUT2D eigenvalue weighted by Gasteiger charge is -2.20. The molecule has 7 heteroatoms. The maximum atomic E-state index is 11.9. The number of ether oxygens (including phenoxy) is 2. The number of methoxy groups -OCH3 is 1. The number of hydrogen-bond acceptors (Lipinski definition) is 6. The van der Waals surface area contributed by atoms with Crippen LogP contribution in [0.25, 0.3) is 0 Å². The van der Waals surface area contributed by atoms with E-state index in [0.717, 1.165) is 0 Å². The normalized spacial score (nSPS) is 13.4. The molecule has 0 aromatic rings.